The fraction of sp³-hybridized carbons (Fsp3) is 0.600. The van der Waals surface area contributed by atoms with Gasteiger partial charge in [0.25, 0.3) is 5.91 Å². The molecule has 0 bridgehead atoms. The van der Waals surface area contributed by atoms with Crippen molar-refractivity contribution in [3.8, 4) is 0 Å². The van der Waals surface area contributed by atoms with Crippen LogP contribution in [0.4, 0.5) is 0 Å². The number of hydrogen-bond donors (Lipinski definition) is 3. The van der Waals surface area contributed by atoms with E-state index in [-0.39, 0.29) is 17.6 Å². The van der Waals surface area contributed by atoms with Crippen molar-refractivity contribution >= 4 is 11.8 Å². The van der Waals surface area contributed by atoms with Gasteiger partial charge in [0.15, 0.2) is 5.76 Å². The van der Waals surface area contributed by atoms with E-state index in [4.69, 9.17) is 4.42 Å². The summed E-state index contributed by atoms with van der Waals surface area (Å²) in [6.07, 6.45) is 5.29. The average molecular weight is 293 g/mol. The summed E-state index contributed by atoms with van der Waals surface area (Å²) in [6.45, 7) is 2.96. The second-order valence-electron chi connectivity index (χ2n) is 5.32. The van der Waals surface area contributed by atoms with E-state index < -0.39 is 0 Å². The van der Waals surface area contributed by atoms with Crippen molar-refractivity contribution in [2.24, 2.45) is 5.92 Å². The Bertz CT molecular complexity index is 439. The Kier molecular flexibility index (Phi) is 6.27. The van der Waals surface area contributed by atoms with Gasteiger partial charge in [-0.15, -0.1) is 0 Å². The highest BCUT2D eigenvalue weighted by atomic mass is 16.3. The molecule has 1 aromatic heterocycles. The molecule has 1 aliphatic rings. The minimum Gasteiger partial charge on any atom is -0.459 e. The molecule has 2 amide bonds. The van der Waals surface area contributed by atoms with E-state index in [1.54, 1.807) is 12.1 Å². The largest absolute Gasteiger partial charge is 0.459 e. The predicted octanol–water partition coefficient (Wildman–Crippen LogP) is 0.905. The van der Waals surface area contributed by atoms with Gasteiger partial charge in [-0.05, 0) is 50.4 Å². The summed E-state index contributed by atoms with van der Waals surface area (Å²) in [5.74, 6) is 0.743. The van der Waals surface area contributed by atoms with Gasteiger partial charge in [-0.1, -0.05) is 0 Å². The number of amides is 2. The lowest BCUT2D eigenvalue weighted by Gasteiger charge is -2.22. The minimum atomic E-state index is -0.260. The molecule has 0 aromatic carbocycles. The molecule has 21 heavy (non-hydrogen) atoms. The normalized spacial score (nSPS) is 15.6. The molecule has 1 fully saturated rings. The first-order chi connectivity index (χ1) is 10.3. The highest BCUT2D eigenvalue weighted by Gasteiger charge is 2.14. The molecule has 0 radical (unpaired) electrons. The molecule has 1 saturated heterocycles. The van der Waals surface area contributed by atoms with E-state index >= 15 is 0 Å². The van der Waals surface area contributed by atoms with Gasteiger partial charge >= 0.3 is 0 Å². The van der Waals surface area contributed by atoms with Gasteiger partial charge in [-0.3, -0.25) is 9.59 Å². The fourth-order valence-corrected chi connectivity index (χ4v) is 2.47. The van der Waals surface area contributed by atoms with Crippen LogP contribution < -0.4 is 16.0 Å². The maximum atomic E-state index is 11.7. The van der Waals surface area contributed by atoms with E-state index in [0.29, 0.717) is 25.4 Å². The van der Waals surface area contributed by atoms with E-state index in [0.717, 1.165) is 32.4 Å². The molecule has 0 saturated carbocycles. The van der Waals surface area contributed by atoms with Crippen LogP contribution in [0, 0.1) is 5.92 Å². The molecule has 0 unspecified atom stereocenters. The van der Waals surface area contributed by atoms with Crippen LogP contribution in [0.15, 0.2) is 22.8 Å². The first-order valence-electron chi connectivity index (χ1n) is 7.55. The maximum absolute atomic E-state index is 11.7. The van der Waals surface area contributed by atoms with Crippen LogP contribution in [-0.4, -0.2) is 38.0 Å². The van der Waals surface area contributed by atoms with E-state index in [9.17, 15) is 9.59 Å². The Labute approximate surface area is 124 Å². The zero-order valence-corrected chi connectivity index (χ0v) is 12.2. The number of hydrogen-bond acceptors (Lipinski definition) is 4. The van der Waals surface area contributed by atoms with Crippen LogP contribution in [-0.2, 0) is 4.79 Å². The van der Waals surface area contributed by atoms with Crippen molar-refractivity contribution in [2.75, 3.05) is 26.2 Å². The minimum absolute atomic E-state index is 0.0563. The average Bonchev–Trinajstić information content (AvgIpc) is 3.05. The zero-order valence-electron chi connectivity index (χ0n) is 12.2. The molecule has 2 heterocycles. The predicted molar refractivity (Wildman–Crippen MR) is 78.9 cm³/mol. The molecule has 116 valence electrons. The van der Waals surface area contributed by atoms with Crippen LogP contribution in [0.2, 0.25) is 0 Å². The quantitative estimate of drug-likeness (QED) is 0.652. The summed E-state index contributed by atoms with van der Waals surface area (Å²) in [4.78, 5) is 23.3. The number of piperidine rings is 1. The van der Waals surface area contributed by atoms with Crippen LogP contribution in [0.1, 0.15) is 36.2 Å². The fourth-order valence-electron chi connectivity index (χ4n) is 2.47. The van der Waals surface area contributed by atoms with Crippen molar-refractivity contribution in [1.82, 2.24) is 16.0 Å². The molecule has 1 aliphatic heterocycles. The number of rotatable bonds is 7. The monoisotopic (exact) mass is 293 g/mol. The van der Waals surface area contributed by atoms with Gasteiger partial charge in [0.1, 0.15) is 0 Å². The molecule has 2 rings (SSSR count). The Hall–Kier alpha value is -1.82. The Balaban J connectivity index is 1.52. The van der Waals surface area contributed by atoms with Crippen molar-refractivity contribution in [1.29, 1.82) is 0 Å². The second-order valence-corrected chi connectivity index (χ2v) is 5.32. The Morgan fingerprint density at radius 3 is 2.71 bits per heavy atom. The topological polar surface area (TPSA) is 83.4 Å². The second kappa shape index (κ2) is 8.46. The molecule has 6 nitrogen and oxygen atoms in total. The van der Waals surface area contributed by atoms with E-state index in [1.165, 1.54) is 6.26 Å². The zero-order chi connectivity index (χ0) is 14.9. The molecule has 3 N–H and O–H groups in total. The number of carbonyl (C=O) groups excluding carboxylic acids is 2. The molecular formula is C15H23N3O3. The maximum Gasteiger partial charge on any atom is 0.287 e. The third-order valence-electron chi connectivity index (χ3n) is 3.72. The molecule has 0 spiro atoms. The van der Waals surface area contributed by atoms with Crippen molar-refractivity contribution in [2.45, 2.75) is 25.7 Å². The Morgan fingerprint density at radius 2 is 2.00 bits per heavy atom. The van der Waals surface area contributed by atoms with Gasteiger partial charge < -0.3 is 20.4 Å². The van der Waals surface area contributed by atoms with Gasteiger partial charge in [0, 0.05) is 19.5 Å². The lowest BCUT2D eigenvalue weighted by molar-refractivity contribution is -0.121. The lowest BCUT2D eigenvalue weighted by Crippen LogP contribution is -2.35. The highest BCUT2D eigenvalue weighted by molar-refractivity contribution is 5.91. The first kappa shape index (κ1) is 15.6. The van der Waals surface area contributed by atoms with E-state index in [1.807, 2.05) is 0 Å². The SMILES string of the molecule is O=C(CCC1CCNCC1)NCCNC(=O)c1ccco1. The van der Waals surface area contributed by atoms with Crippen molar-refractivity contribution in [3.63, 3.8) is 0 Å². The highest BCUT2D eigenvalue weighted by Crippen LogP contribution is 2.17. The summed E-state index contributed by atoms with van der Waals surface area (Å²) in [6, 6.07) is 3.27. The van der Waals surface area contributed by atoms with Gasteiger partial charge in [0.2, 0.25) is 5.91 Å². The third kappa shape index (κ3) is 5.59. The molecule has 1 aromatic rings. The number of nitrogens with one attached hydrogen (secondary N) is 3. The molecule has 0 atom stereocenters. The van der Waals surface area contributed by atoms with Gasteiger partial charge in [-0.2, -0.15) is 0 Å². The first-order valence-corrected chi connectivity index (χ1v) is 7.55. The summed E-state index contributed by atoms with van der Waals surface area (Å²) >= 11 is 0. The lowest BCUT2D eigenvalue weighted by atomic mass is 9.93. The summed E-state index contributed by atoms with van der Waals surface area (Å²) in [5, 5.41) is 8.83. The number of carbonyl (C=O) groups is 2. The van der Waals surface area contributed by atoms with E-state index in [2.05, 4.69) is 16.0 Å². The summed E-state index contributed by atoms with van der Waals surface area (Å²) in [5.41, 5.74) is 0. The smallest absolute Gasteiger partial charge is 0.287 e. The van der Waals surface area contributed by atoms with Crippen LogP contribution in [0.5, 0.6) is 0 Å². The number of furan rings is 1. The van der Waals surface area contributed by atoms with Crippen LogP contribution >= 0.6 is 0 Å². The van der Waals surface area contributed by atoms with Crippen molar-refractivity contribution in [3.05, 3.63) is 24.2 Å². The van der Waals surface area contributed by atoms with Gasteiger partial charge in [0.05, 0.1) is 6.26 Å². The third-order valence-corrected chi connectivity index (χ3v) is 3.72. The van der Waals surface area contributed by atoms with Crippen LogP contribution in [0.3, 0.4) is 0 Å². The summed E-state index contributed by atoms with van der Waals surface area (Å²) < 4.78 is 4.97. The molecule has 6 heteroatoms. The Morgan fingerprint density at radius 1 is 1.24 bits per heavy atom. The molecular weight excluding hydrogens is 270 g/mol. The van der Waals surface area contributed by atoms with Gasteiger partial charge in [-0.25, -0.2) is 0 Å². The van der Waals surface area contributed by atoms with Crippen LogP contribution in [0.25, 0.3) is 0 Å². The standard InChI is InChI=1S/C15H23N3O3/c19-14(4-3-12-5-7-16-8-6-12)17-9-10-18-15(20)13-2-1-11-21-13/h1-2,11-12,16H,3-10H2,(H,17,19)(H,18,20). The molecule has 0 aliphatic carbocycles. The van der Waals surface area contributed by atoms with Crippen molar-refractivity contribution < 1.29 is 14.0 Å². The summed E-state index contributed by atoms with van der Waals surface area (Å²) in [7, 11) is 0.